The monoisotopic (exact) mass is 325 g/mol. The van der Waals surface area contributed by atoms with Gasteiger partial charge in [-0.2, -0.15) is 0 Å². The van der Waals surface area contributed by atoms with Crippen molar-refractivity contribution >= 4 is 29.2 Å². The second kappa shape index (κ2) is 6.91. The van der Waals surface area contributed by atoms with Crippen molar-refractivity contribution in [1.82, 2.24) is 5.32 Å². The summed E-state index contributed by atoms with van der Waals surface area (Å²) in [6.45, 7) is 0.210. The third-order valence-corrected chi connectivity index (χ3v) is 5.00. The van der Waals surface area contributed by atoms with Crippen LogP contribution in [0.15, 0.2) is 11.4 Å². The molecular formula is C15H19NO5S. The van der Waals surface area contributed by atoms with Gasteiger partial charge < -0.3 is 15.2 Å². The zero-order valence-electron chi connectivity index (χ0n) is 12.4. The predicted octanol–water partition coefficient (Wildman–Crippen LogP) is 2.19. The number of carbonyl (C=O) groups excluding carboxylic acids is 2. The van der Waals surface area contributed by atoms with E-state index in [4.69, 9.17) is 0 Å². The van der Waals surface area contributed by atoms with Crippen LogP contribution in [0.3, 0.4) is 0 Å². The van der Waals surface area contributed by atoms with Crippen LogP contribution in [0.4, 0.5) is 0 Å². The smallest absolute Gasteiger partial charge is 0.348 e. The Morgan fingerprint density at radius 2 is 2.00 bits per heavy atom. The van der Waals surface area contributed by atoms with Gasteiger partial charge in [0, 0.05) is 6.54 Å². The molecule has 1 aromatic rings. The third-order valence-electron chi connectivity index (χ3n) is 4.04. The van der Waals surface area contributed by atoms with Gasteiger partial charge in [0.1, 0.15) is 10.3 Å². The summed E-state index contributed by atoms with van der Waals surface area (Å²) in [5.74, 6) is -1.91. The van der Waals surface area contributed by atoms with Crippen molar-refractivity contribution in [2.45, 2.75) is 38.6 Å². The molecule has 0 bridgehead atoms. The van der Waals surface area contributed by atoms with Crippen molar-refractivity contribution in [3.05, 3.63) is 21.9 Å². The van der Waals surface area contributed by atoms with Gasteiger partial charge in [-0.15, -0.1) is 11.3 Å². The first-order valence-corrected chi connectivity index (χ1v) is 8.05. The van der Waals surface area contributed by atoms with Crippen molar-refractivity contribution in [2.24, 2.45) is 5.41 Å². The Labute approximate surface area is 132 Å². The van der Waals surface area contributed by atoms with Gasteiger partial charge in [0.2, 0.25) is 5.91 Å². The molecule has 1 aliphatic carbocycles. The van der Waals surface area contributed by atoms with Crippen LogP contribution in [0.25, 0.3) is 0 Å². The van der Waals surface area contributed by atoms with Crippen LogP contribution in [0.5, 0.6) is 0 Å². The van der Waals surface area contributed by atoms with Crippen LogP contribution in [0.1, 0.15) is 47.3 Å². The Morgan fingerprint density at radius 1 is 1.32 bits per heavy atom. The molecule has 7 heteroatoms. The largest absolute Gasteiger partial charge is 0.480 e. The molecule has 0 radical (unpaired) electrons. The fourth-order valence-electron chi connectivity index (χ4n) is 2.72. The van der Waals surface area contributed by atoms with Crippen molar-refractivity contribution in [3.63, 3.8) is 0 Å². The van der Waals surface area contributed by atoms with Gasteiger partial charge in [-0.1, -0.05) is 19.3 Å². The second-order valence-electron chi connectivity index (χ2n) is 5.44. The van der Waals surface area contributed by atoms with E-state index in [2.05, 4.69) is 10.1 Å². The number of amides is 1. The van der Waals surface area contributed by atoms with Crippen LogP contribution in [-0.4, -0.2) is 30.1 Å². The molecule has 1 aliphatic rings. The molecule has 1 aromatic heterocycles. The third kappa shape index (κ3) is 3.30. The molecule has 120 valence electrons. The molecule has 1 amide bonds. The molecule has 22 heavy (non-hydrogen) atoms. The minimum absolute atomic E-state index is 0.210. The highest BCUT2D eigenvalue weighted by Gasteiger charge is 2.46. The summed E-state index contributed by atoms with van der Waals surface area (Å²) >= 11 is 1.23. The second-order valence-corrected chi connectivity index (χ2v) is 6.35. The highest BCUT2D eigenvalue weighted by molar-refractivity contribution is 7.12. The van der Waals surface area contributed by atoms with Gasteiger partial charge in [0.15, 0.2) is 0 Å². The number of hydrogen-bond donors (Lipinski definition) is 2. The summed E-state index contributed by atoms with van der Waals surface area (Å²) in [5, 5.41) is 13.9. The zero-order chi connectivity index (χ0) is 16.2. The molecule has 1 fully saturated rings. The number of ether oxygens (including phenoxy) is 1. The summed E-state index contributed by atoms with van der Waals surface area (Å²) in [7, 11) is 1.31. The SMILES string of the molecule is COC(=O)c1cc(CNC(=O)C2(C(=O)O)CCCCC2)cs1. The maximum Gasteiger partial charge on any atom is 0.348 e. The number of nitrogens with one attached hydrogen (secondary N) is 1. The van der Waals surface area contributed by atoms with E-state index in [0.29, 0.717) is 17.7 Å². The maximum atomic E-state index is 12.4. The molecule has 0 unspecified atom stereocenters. The molecule has 0 spiro atoms. The fraction of sp³-hybridized carbons (Fsp3) is 0.533. The summed E-state index contributed by atoms with van der Waals surface area (Å²) in [6, 6.07) is 1.64. The molecule has 0 aromatic carbocycles. The van der Waals surface area contributed by atoms with Gasteiger partial charge in [-0.25, -0.2) is 4.79 Å². The van der Waals surface area contributed by atoms with E-state index < -0.39 is 23.3 Å². The zero-order valence-corrected chi connectivity index (χ0v) is 13.2. The van der Waals surface area contributed by atoms with Crippen molar-refractivity contribution in [3.8, 4) is 0 Å². The molecule has 2 rings (SSSR count). The van der Waals surface area contributed by atoms with E-state index in [9.17, 15) is 19.5 Å². The Kier molecular flexibility index (Phi) is 5.18. The van der Waals surface area contributed by atoms with Gasteiger partial charge >= 0.3 is 11.9 Å². The quantitative estimate of drug-likeness (QED) is 0.639. The number of aliphatic carboxylic acids is 1. The molecule has 0 saturated heterocycles. The van der Waals surface area contributed by atoms with E-state index in [1.54, 1.807) is 11.4 Å². The fourth-order valence-corrected chi connectivity index (χ4v) is 3.55. The Bertz CT molecular complexity index is 574. The summed E-state index contributed by atoms with van der Waals surface area (Å²) in [4.78, 5) is 35.7. The van der Waals surface area contributed by atoms with Crippen LogP contribution < -0.4 is 5.32 Å². The van der Waals surface area contributed by atoms with E-state index in [-0.39, 0.29) is 6.54 Å². The first-order valence-electron chi connectivity index (χ1n) is 7.17. The van der Waals surface area contributed by atoms with Crippen LogP contribution in [0.2, 0.25) is 0 Å². The number of carboxylic acids is 1. The maximum absolute atomic E-state index is 12.4. The normalized spacial score (nSPS) is 16.8. The van der Waals surface area contributed by atoms with Crippen LogP contribution in [-0.2, 0) is 20.9 Å². The van der Waals surface area contributed by atoms with Crippen molar-refractivity contribution < 1.29 is 24.2 Å². The van der Waals surface area contributed by atoms with Crippen LogP contribution in [0, 0.1) is 5.41 Å². The minimum atomic E-state index is -1.31. The summed E-state index contributed by atoms with van der Waals surface area (Å²) < 4.78 is 4.62. The number of esters is 1. The van der Waals surface area contributed by atoms with Crippen LogP contribution >= 0.6 is 11.3 Å². The predicted molar refractivity (Wildman–Crippen MR) is 80.7 cm³/mol. The molecule has 0 atom stereocenters. The van der Waals surface area contributed by atoms with E-state index in [1.807, 2.05) is 0 Å². The Balaban J connectivity index is 2.00. The van der Waals surface area contributed by atoms with Crippen molar-refractivity contribution in [1.29, 1.82) is 0 Å². The minimum Gasteiger partial charge on any atom is -0.480 e. The summed E-state index contributed by atoms with van der Waals surface area (Å²) in [5.41, 5.74) is -0.547. The lowest BCUT2D eigenvalue weighted by molar-refractivity contribution is -0.158. The molecule has 1 saturated carbocycles. The number of methoxy groups -OCH3 is 1. The number of thiophene rings is 1. The highest BCUT2D eigenvalue weighted by atomic mass is 32.1. The number of hydrogen-bond acceptors (Lipinski definition) is 5. The first-order chi connectivity index (χ1) is 10.5. The Hall–Kier alpha value is -1.89. The van der Waals surface area contributed by atoms with Gasteiger partial charge in [-0.05, 0) is 29.9 Å². The topological polar surface area (TPSA) is 92.7 Å². The van der Waals surface area contributed by atoms with Gasteiger partial charge in [-0.3, -0.25) is 9.59 Å². The molecule has 6 nitrogen and oxygen atoms in total. The lowest BCUT2D eigenvalue weighted by Gasteiger charge is -2.31. The first kappa shape index (κ1) is 16.5. The lowest BCUT2D eigenvalue weighted by atomic mass is 9.73. The standard InChI is InChI=1S/C15H19NO5S/c1-21-12(17)11-7-10(9-22-11)8-16-13(18)15(14(19)20)5-3-2-4-6-15/h7,9H,2-6,8H2,1H3,(H,16,18)(H,19,20). The average Bonchev–Trinajstić information content (AvgIpc) is 3.01. The summed E-state index contributed by atoms with van der Waals surface area (Å²) in [6.07, 6.45) is 3.24. The van der Waals surface area contributed by atoms with Gasteiger partial charge in [0.05, 0.1) is 7.11 Å². The number of rotatable bonds is 5. The average molecular weight is 325 g/mol. The molecule has 2 N–H and O–H groups in total. The molecule has 1 heterocycles. The van der Waals surface area contributed by atoms with Crippen molar-refractivity contribution in [2.75, 3.05) is 7.11 Å². The van der Waals surface area contributed by atoms with Gasteiger partial charge in [0.25, 0.3) is 0 Å². The van der Waals surface area contributed by atoms with E-state index >= 15 is 0 Å². The number of carboxylic acid groups (broad SMARTS) is 1. The van der Waals surface area contributed by atoms with E-state index in [1.165, 1.54) is 18.4 Å². The molecular weight excluding hydrogens is 306 g/mol. The lowest BCUT2D eigenvalue weighted by Crippen LogP contribution is -2.47. The Morgan fingerprint density at radius 3 is 2.59 bits per heavy atom. The highest BCUT2D eigenvalue weighted by Crippen LogP contribution is 2.37. The van der Waals surface area contributed by atoms with E-state index in [0.717, 1.165) is 24.8 Å². The number of carbonyl (C=O) groups is 3. The molecule has 0 aliphatic heterocycles.